The lowest BCUT2D eigenvalue weighted by molar-refractivity contribution is 0.102. The minimum Gasteiger partial charge on any atom is -0.383 e. The standard InChI is InChI=1S/C24H24ClN7O2S/c1-13-10-16(5-6-17(13)22(33)31-20-14(2)11-27-12-18(20)25)30-24-19(23(34)32-35-24)21(26)29-9-7-15-4-3-8-28-15/h3-6,8,10-12,28,30H,7,9H2,1-2H3,(H2,26,29)(H,32,34)(H,27,31,33). The maximum atomic E-state index is 12.9. The Labute approximate surface area is 210 Å². The summed E-state index contributed by atoms with van der Waals surface area (Å²) < 4.78 is 2.70. The molecule has 1 aromatic carbocycles. The molecule has 3 aromatic heterocycles. The average Bonchev–Trinajstić information content (AvgIpc) is 3.46. The van der Waals surface area contributed by atoms with Gasteiger partial charge in [0.1, 0.15) is 16.4 Å². The second-order valence-electron chi connectivity index (χ2n) is 7.87. The molecule has 0 spiro atoms. The number of anilines is 3. The Bertz CT molecular complexity index is 1420. The first-order valence-electron chi connectivity index (χ1n) is 10.8. The third kappa shape index (κ3) is 5.61. The number of pyridine rings is 1. The molecule has 4 rings (SSSR count). The van der Waals surface area contributed by atoms with Crippen LogP contribution in [-0.4, -0.2) is 32.6 Å². The van der Waals surface area contributed by atoms with E-state index in [2.05, 4.69) is 30.0 Å². The lowest BCUT2D eigenvalue weighted by Gasteiger charge is -2.13. The molecule has 35 heavy (non-hydrogen) atoms. The zero-order valence-corrected chi connectivity index (χ0v) is 20.7. The van der Waals surface area contributed by atoms with Gasteiger partial charge in [-0.25, -0.2) is 0 Å². The molecule has 0 radical (unpaired) electrons. The number of aryl methyl sites for hydroxylation is 2. The number of benzene rings is 1. The molecule has 0 saturated heterocycles. The Morgan fingerprint density at radius 1 is 1.23 bits per heavy atom. The minimum absolute atomic E-state index is 0.166. The van der Waals surface area contributed by atoms with Crippen molar-refractivity contribution in [1.29, 1.82) is 0 Å². The van der Waals surface area contributed by atoms with Crippen LogP contribution in [0.2, 0.25) is 5.02 Å². The Kier molecular flexibility index (Phi) is 7.33. The van der Waals surface area contributed by atoms with E-state index >= 15 is 0 Å². The number of carbonyl (C=O) groups is 1. The van der Waals surface area contributed by atoms with Crippen LogP contribution < -0.4 is 21.9 Å². The van der Waals surface area contributed by atoms with Gasteiger partial charge in [0, 0.05) is 48.5 Å². The number of nitrogens with two attached hydrogens (primary N) is 1. The van der Waals surface area contributed by atoms with Crippen LogP contribution in [0.15, 0.2) is 58.7 Å². The van der Waals surface area contributed by atoms with Crippen LogP contribution in [0, 0.1) is 13.8 Å². The largest absolute Gasteiger partial charge is 0.383 e. The van der Waals surface area contributed by atoms with E-state index in [1.807, 2.05) is 38.2 Å². The number of nitrogens with one attached hydrogen (secondary N) is 4. The Morgan fingerprint density at radius 2 is 2.06 bits per heavy atom. The van der Waals surface area contributed by atoms with Crippen LogP contribution in [0.5, 0.6) is 0 Å². The first kappa shape index (κ1) is 24.2. The van der Waals surface area contributed by atoms with Crippen LogP contribution in [-0.2, 0) is 6.42 Å². The van der Waals surface area contributed by atoms with Crippen molar-refractivity contribution in [3.05, 3.63) is 92.2 Å². The fraction of sp³-hybridized carbons (Fsp3) is 0.167. The summed E-state index contributed by atoms with van der Waals surface area (Å²) >= 11 is 7.32. The zero-order valence-electron chi connectivity index (χ0n) is 19.1. The molecule has 0 fully saturated rings. The summed E-state index contributed by atoms with van der Waals surface area (Å²) in [6.45, 7) is 4.10. The van der Waals surface area contributed by atoms with E-state index in [9.17, 15) is 9.59 Å². The molecule has 0 aliphatic carbocycles. The van der Waals surface area contributed by atoms with E-state index < -0.39 is 0 Å². The number of hydrogen-bond donors (Lipinski definition) is 5. The summed E-state index contributed by atoms with van der Waals surface area (Å²) in [5.74, 6) is -0.116. The Balaban J connectivity index is 1.49. The number of aliphatic imine (C=N–C) groups is 1. The smallest absolute Gasteiger partial charge is 0.271 e. The van der Waals surface area contributed by atoms with Crippen molar-refractivity contribution in [3.8, 4) is 0 Å². The Hall–Kier alpha value is -3.89. The number of rotatable bonds is 8. The Morgan fingerprint density at radius 3 is 2.77 bits per heavy atom. The number of amides is 1. The highest BCUT2D eigenvalue weighted by molar-refractivity contribution is 7.10. The van der Waals surface area contributed by atoms with Crippen molar-refractivity contribution in [2.24, 2.45) is 10.7 Å². The molecule has 6 N–H and O–H groups in total. The van der Waals surface area contributed by atoms with Gasteiger partial charge in [-0.05, 0) is 66.8 Å². The lowest BCUT2D eigenvalue weighted by atomic mass is 10.1. The summed E-state index contributed by atoms with van der Waals surface area (Å²) in [4.78, 5) is 36.7. The zero-order chi connectivity index (χ0) is 24.9. The molecule has 11 heteroatoms. The molecule has 3 heterocycles. The van der Waals surface area contributed by atoms with E-state index in [0.29, 0.717) is 45.5 Å². The van der Waals surface area contributed by atoms with Crippen LogP contribution in [0.4, 0.5) is 16.4 Å². The van der Waals surface area contributed by atoms with Gasteiger partial charge in [-0.15, -0.1) is 0 Å². The lowest BCUT2D eigenvalue weighted by Crippen LogP contribution is -2.22. The van der Waals surface area contributed by atoms with Gasteiger partial charge in [-0.3, -0.25) is 23.9 Å². The third-order valence-electron chi connectivity index (χ3n) is 5.34. The summed E-state index contributed by atoms with van der Waals surface area (Å²) in [6, 6.07) is 9.17. The second kappa shape index (κ2) is 10.6. The molecule has 0 bridgehead atoms. The monoisotopic (exact) mass is 509 g/mol. The van der Waals surface area contributed by atoms with Gasteiger partial charge in [0.25, 0.3) is 11.5 Å². The first-order chi connectivity index (χ1) is 16.8. The number of amidine groups is 1. The number of nitrogens with zero attached hydrogens (tertiary/aromatic N) is 2. The quantitative estimate of drug-likeness (QED) is 0.177. The number of aromatic amines is 2. The maximum Gasteiger partial charge on any atom is 0.271 e. The summed E-state index contributed by atoms with van der Waals surface area (Å²) in [6.07, 6.45) is 5.65. The molecule has 180 valence electrons. The number of halogens is 1. The number of aromatic nitrogens is 3. The van der Waals surface area contributed by atoms with Gasteiger partial charge in [-0.2, -0.15) is 0 Å². The van der Waals surface area contributed by atoms with Crippen molar-refractivity contribution in [3.63, 3.8) is 0 Å². The number of carbonyl (C=O) groups excluding carboxylic acids is 1. The van der Waals surface area contributed by atoms with Gasteiger partial charge >= 0.3 is 0 Å². The highest BCUT2D eigenvalue weighted by atomic mass is 35.5. The summed E-state index contributed by atoms with van der Waals surface area (Å²) in [7, 11) is 0. The van der Waals surface area contributed by atoms with E-state index in [4.69, 9.17) is 17.3 Å². The predicted octanol–water partition coefficient (Wildman–Crippen LogP) is 4.37. The molecular weight excluding hydrogens is 486 g/mol. The summed E-state index contributed by atoms with van der Waals surface area (Å²) in [5, 5.41) is 6.98. The van der Waals surface area contributed by atoms with Gasteiger partial charge < -0.3 is 21.4 Å². The van der Waals surface area contributed by atoms with E-state index in [0.717, 1.165) is 28.4 Å². The molecular formula is C24H24ClN7O2S. The van der Waals surface area contributed by atoms with E-state index in [1.165, 1.54) is 6.20 Å². The molecule has 9 nitrogen and oxygen atoms in total. The van der Waals surface area contributed by atoms with Gasteiger partial charge in [0.05, 0.1) is 10.7 Å². The molecule has 0 aliphatic rings. The topological polar surface area (TPSA) is 141 Å². The van der Waals surface area contributed by atoms with Crippen molar-refractivity contribution in [1.82, 2.24) is 14.3 Å². The highest BCUT2D eigenvalue weighted by Gasteiger charge is 2.17. The average molecular weight is 510 g/mol. The molecule has 1 amide bonds. The first-order valence-corrected chi connectivity index (χ1v) is 12.0. The van der Waals surface area contributed by atoms with Gasteiger partial charge in [0.15, 0.2) is 0 Å². The van der Waals surface area contributed by atoms with Crippen LogP contribution in [0.25, 0.3) is 0 Å². The third-order valence-corrected chi connectivity index (χ3v) is 6.42. The molecule has 4 aromatic rings. The van der Waals surface area contributed by atoms with Crippen molar-refractivity contribution < 1.29 is 4.79 Å². The second-order valence-corrected chi connectivity index (χ2v) is 9.10. The molecule has 0 atom stereocenters. The maximum absolute atomic E-state index is 12.9. The van der Waals surface area contributed by atoms with Gasteiger partial charge in [0.2, 0.25) is 0 Å². The van der Waals surface area contributed by atoms with E-state index in [1.54, 1.807) is 18.3 Å². The molecule has 0 aliphatic heterocycles. The molecule has 0 unspecified atom stereocenters. The number of H-pyrrole nitrogens is 2. The van der Waals surface area contributed by atoms with Gasteiger partial charge in [-0.1, -0.05) is 11.6 Å². The van der Waals surface area contributed by atoms with Crippen LogP contribution in [0.3, 0.4) is 0 Å². The van der Waals surface area contributed by atoms with E-state index in [-0.39, 0.29) is 17.3 Å². The summed E-state index contributed by atoms with van der Waals surface area (Å²) in [5.41, 5.74) is 10.4. The van der Waals surface area contributed by atoms with Crippen LogP contribution in [0.1, 0.15) is 32.7 Å². The van der Waals surface area contributed by atoms with Crippen molar-refractivity contribution in [2.75, 3.05) is 17.2 Å². The van der Waals surface area contributed by atoms with Crippen LogP contribution >= 0.6 is 23.1 Å². The predicted molar refractivity (Wildman–Crippen MR) is 141 cm³/mol. The fourth-order valence-electron chi connectivity index (χ4n) is 3.52. The SMILES string of the molecule is Cc1cc(Nc2s[nH]c(=O)c2C(N)=NCCc2ccc[nH]2)ccc1C(=O)Nc1c(C)cncc1Cl. The highest BCUT2D eigenvalue weighted by Crippen LogP contribution is 2.27. The number of hydrogen-bond acceptors (Lipinski definition) is 6. The molecule has 0 saturated carbocycles. The normalized spacial score (nSPS) is 11.5. The van der Waals surface area contributed by atoms with Crippen molar-refractivity contribution >= 4 is 51.3 Å². The fourth-order valence-corrected chi connectivity index (χ4v) is 4.54. The minimum atomic E-state index is -0.309. The van der Waals surface area contributed by atoms with Crippen molar-refractivity contribution in [2.45, 2.75) is 20.3 Å².